The molecule has 3 nitrogen and oxygen atoms in total. The largest absolute Gasteiger partial charge is 0.495 e. The Morgan fingerprint density at radius 1 is 1.40 bits per heavy atom. The predicted molar refractivity (Wildman–Crippen MR) is 62.8 cm³/mol. The summed E-state index contributed by atoms with van der Waals surface area (Å²) >= 11 is 0. The molecule has 82 valence electrons. The van der Waals surface area contributed by atoms with Crippen molar-refractivity contribution in [2.24, 2.45) is 0 Å². The number of methoxy groups -OCH3 is 1. The number of aryl methyl sites for hydroxylation is 1. The Morgan fingerprint density at radius 2 is 2.13 bits per heavy atom. The highest BCUT2D eigenvalue weighted by Crippen LogP contribution is 2.30. The smallest absolute Gasteiger partial charge is 0.142 e. The summed E-state index contributed by atoms with van der Waals surface area (Å²) in [7, 11) is 3.85. The zero-order valence-corrected chi connectivity index (χ0v) is 9.58. The van der Waals surface area contributed by atoms with Gasteiger partial charge in [0.15, 0.2) is 0 Å². The van der Waals surface area contributed by atoms with Crippen LogP contribution in [0, 0.1) is 6.92 Å². The molecule has 0 atom stereocenters. The summed E-state index contributed by atoms with van der Waals surface area (Å²) in [5.74, 6) is 0.954. The van der Waals surface area contributed by atoms with E-state index in [9.17, 15) is 0 Å². The van der Waals surface area contributed by atoms with Crippen molar-refractivity contribution in [3.05, 3.63) is 23.8 Å². The van der Waals surface area contributed by atoms with Gasteiger partial charge in [0, 0.05) is 20.1 Å². The number of nitrogens with zero attached hydrogens (tertiary/aromatic N) is 1. The molecule has 0 saturated carbocycles. The zero-order valence-electron chi connectivity index (χ0n) is 9.58. The Hall–Kier alpha value is -1.22. The summed E-state index contributed by atoms with van der Waals surface area (Å²) in [6, 6.07) is 6.89. The molecule has 1 aromatic carbocycles. The van der Waals surface area contributed by atoms with Crippen LogP contribution >= 0.6 is 0 Å². The molecular weight excluding hydrogens is 188 g/mol. The van der Waals surface area contributed by atoms with Gasteiger partial charge in [-0.3, -0.25) is 0 Å². The maximum atomic E-state index is 5.38. The number of anilines is 1. The molecule has 2 rings (SSSR count). The predicted octanol–water partition coefficient (Wildman–Crippen LogP) is 1.41. The summed E-state index contributed by atoms with van der Waals surface area (Å²) in [5, 5.41) is 3.28. The van der Waals surface area contributed by atoms with E-state index in [1.165, 1.54) is 11.3 Å². The summed E-state index contributed by atoms with van der Waals surface area (Å²) < 4.78 is 5.38. The Kier molecular flexibility index (Phi) is 2.82. The third kappa shape index (κ3) is 1.92. The highest BCUT2D eigenvalue weighted by Gasteiger charge is 2.23. The number of hydrogen-bond donors (Lipinski definition) is 1. The first-order valence-corrected chi connectivity index (χ1v) is 5.30. The lowest BCUT2D eigenvalue weighted by atomic mass is 10.1. The van der Waals surface area contributed by atoms with Crippen molar-refractivity contribution in [3.8, 4) is 5.75 Å². The number of ether oxygens (including phenoxy) is 1. The quantitative estimate of drug-likeness (QED) is 0.809. The average Bonchev–Trinajstić information content (AvgIpc) is 2.15. The average molecular weight is 206 g/mol. The Morgan fingerprint density at radius 3 is 2.67 bits per heavy atom. The molecule has 0 spiro atoms. The summed E-state index contributed by atoms with van der Waals surface area (Å²) in [5.41, 5.74) is 2.45. The topological polar surface area (TPSA) is 24.5 Å². The van der Waals surface area contributed by atoms with E-state index in [0.717, 1.165) is 18.8 Å². The molecule has 1 heterocycles. The minimum atomic E-state index is 0.598. The molecule has 0 aromatic heterocycles. The lowest BCUT2D eigenvalue weighted by molar-refractivity contribution is 0.400. The molecule has 1 N–H and O–H groups in total. The van der Waals surface area contributed by atoms with Crippen LogP contribution < -0.4 is 15.0 Å². The molecular formula is C12H18N2O. The fourth-order valence-corrected chi connectivity index (χ4v) is 1.82. The van der Waals surface area contributed by atoms with E-state index in [1.807, 2.05) is 6.07 Å². The van der Waals surface area contributed by atoms with Crippen LogP contribution in [0.4, 0.5) is 5.69 Å². The van der Waals surface area contributed by atoms with E-state index >= 15 is 0 Å². The maximum absolute atomic E-state index is 5.38. The molecule has 0 bridgehead atoms. The van der Waals surface area contributed by atoms with Gasteiger partial charge in [-0.25, -0.2) is 0 Å². The normalized spacial score (nSPS) is 15.9. The Bertz CT molecular complexity index is 347. The highest BCUT2D eigenvalue weighted by atomic mass is 16.5. The van der Waals surface area contributed by atoms with Gasteiger partial charge in [-0.15, -0.1) is 0 Å². The summed E-state index contributed by atoms with van der Waals surface area (Å²) in [6.45, 7) is 4.23. The van der Waals surface area contributed by atoms with E-state index in [-0.39, 0.29) is 0 Å². The van der Waals surface area contributed by atoms with Gasteiger partial charge < -0.3 is 15.0 Å². The lowest BCUT2D eigenvalue weighted by Gasteiger charge is -2.37. The van der Waals surface area contributed by atoms with E-state index in [4.69, 9.17) is 4.74 Å². The molecule has 15 heavy (non-hydrogen) atoms. The first-order valence-electron chi connectivity index (χ1n) is 5.30. The number of nitrogens with one attached hydrogen (secondary N) is 1. The monoisotopic (exact) mass is 206 g/mol. The van der Waals surface area contributed by atoms with Crippen molar-refractivity contribution < 1.29 is 4.74 Å². The Labute approximate surface area is 91.0 Å². The third-order valence-corrected chi connectivity index (χ3v) is 3.02. The molecule has 1 aliphatic rings. The van der Waals surface area contributed by atoms with Crippen LogP contribution in [-0.4, -0.2) is 33.3 Å². The van der Waals surface area contributed by atoms with Gasteiger partial charge in [0.25, 0.3) is 0 Å². The fourth-order valence-electron chi connectivity index (χ4n) is 1.82. The molecule has 0 aliphatic carbocycles. The van der Waals surface area contributed by atoms with Gasteiger partial charge in [0.05, 0.1) is 18.8 Å². The van der Waals surface area contributed by atoms with Crippen molar-refractivity contribution in [1.82, 2.24) is 5.32 Å². The summed E-state index contributed by atoms with van der Waals surface area (Å²) in [6.07, 6.45) is 0. The molecule has 1 aliphatic heterocycles. The molecule has 0 radical (unpaired) electrons. The number of likely N-dealkylation sites (N-methyl/N-ethyl adjacent to an activating group) is 1. The summed E-state index contributed by atoms with van der Waals surface area (Å²) in [4.78, 5) is 2.29. The second-order valence-electron chi connectivity index (χ2n) is 4.10. The molecule has 1 saturated heterocycles. The van der Waals surface area contributed by atoms with Crippen LogP contribution in [0.3, 0.4) is 0 Å². The van der Waals surface area contributed by atoms with E-state index < -0.39 is 0 Å². The van der Waals surface area contributed by atoms with E-state index in [0.29, 0.717) is 6.04 Å². The van der Waals surface area contributed by atoms with Crippen molar-refractivity contribution in [2.45, 2.75) is 13.0 Å². The SMILES string of the molecule is COc1ccc(C)cc1N(C)C1CNC1. The minimum Gasteiger partial charge on any atom is -0.495 e. The Balaban J connectivity index is 2.27. The minimum absolute atomic E-state index is 0.598. The number of benzene rings is 1. The van der Waals surface area contributed by atoms with Crippen LogP contribution in [0.25, 0.3) is 0 Å². The van der Waals surface area contributed by atoms with Gasteiger partial charge in [-0.2, -0.15) is 0 Å². The van der Waals surface area contributed by atoms with E-state index in [2.05, 4.69) is 36.3 Å². The first-order chi connectivity index (χ1) is 7.22. The third-order valence-electron chi connectivity index (χ3n) is 3.02. The van der Waals surface area contributed by atoms with Crippen molar-refractivity contribution in [3.63, 3.8) is 0 Å². The van der Waals surface area contributed by atoms with Crippen LogP contribution in [0.1, 0.15) is 5.56 Å². The maximum Gasteiger partial charge on any atom is 0.142 e. The van der Waals surface area contributed by atoms with Crippen LogP contribution in [0.15, 0.2) is 18.2 Å². The molecule has 0 unspecified atom stereocenters. The van der Waals surface area contributed by atoms with Gasteiger partial charge in [-0.1, -0.05) is 6.07 Å². The fraction of sp³-hybridized carbons (Fsp3) is 0.500. The molecule has 1 aromatic rings. The van der Waals surface area contributed by atoms with Gasteiger partial charge in [-0.05, 0) is 24.6 Å². The van der Waals surface area contributed by atoms with Crippen molar-refractivity contribution in [2.75, 3.05) is 32.1 Å². The molecule has 1 fully saturated rings. The lowest BCUT2D eigenvalue weighted by Crippen LogP contribution is -2.56. The number of hydrogen-bond acceptors (Lipinski definition) is 3. The van der Waals surface area contributed by atoms with Crippen molar-refractivity contribution in [1.29, 1.82) is 0 Å². The van der Waals surface area contributed by atoms with Gasteiger partial charge in [0.1, 0.15) is 5.75 Å². The molecule has 0 amide bonds. The van der Waals surface area contributed by atoms with Gasteiger partial charge in [0.2, 0.25) is 0 Å². The van der Waals surface area contributed by atoms with Crippen LogP contribution in [0.5, 0.6) is 5.75 Å². The van der Waals surface area contributed by atoms with Crippen molar-refractivity contribution >= 4 is 5.69 Å². The van der Waals surface area contributed by atoms with Gasteiger partial charge >= 0.3 is 0 Å². The van der Waals surface area contributed by atoms with Crippen LogP contribution in [0.2, 0.25) is 0 Å². The second-order valence-corrected chi connectivity index (χ2v) is 4.10. The standard InChI is InChI=1S/C12H18N2O/c1-9-4-5-12(15-3)11(6-9)14(2)10-7-13-8-10/h4-6,10,13H,7-8H2,1-3H3. The highest BCUT2D eigenvalue weighted by molar-refractivity contribution is 5.60. The molecule has 3 heteroatoms. The first kappa shape index (κ1) is 10.3. The van der Waals surface area contributed by atoms with Crippen LogP contribution in [-0.2, 0) is 0 Å². The van der Waals surface area contributed by atoms with E-state index in [1.54, 1.807) is 7.11 Å². The number of rotatable bonds is 3. The second kappa shape index (κ2) is 4.11. The zero-order chi connectivity index (χ0) is 10.8.